The largest absolute Gasteiger partial charge is 0.416 e. The molecule has 0 amide bonds. The Morgan fingerprint density at radius 2 is 1.19 bits per heavy atom. The minimum absolute atomic E-state index is 0.00662. The first-order valence-corrected chi connectivity index (χ1v) is 9.11. The molecule has 32 heavy (non-hydrogen) atoms. The lowest BCUT2D eigenvalue weighted by molar-refractivity contribution is -0.143. The monoisotopic (exact) mass is 470 g/mol. The van der Waals surface area contributed by atoms with E-state index in [1.54, 1.807) is 31.3 Å². The zero-order valence-electron chi connectivity index (χ0n) is 17.0. The van der Waals surface area contributed by atoms with Gasteiger partial charge in [-0.25, -0.2) is 0 Å². The van der Waals surface area contributed by atoms with Crippen molar-refractivity contribution < 1.29 is 39.5 Å². The van der Waals surface area contributed by atoms with Crippen LogP contribution in [0.3, 0.4) is 0 Å². The first kappa shape index (κ1) is 25.4. The molecule has 0 aromatic heterocycles. The molecule has 2 nitrogen and oxygen atoms in total. The average Bonchev–Trinajstić information content (AvgIpc) is 2.57. The van der Waals surface area contributed by atoms with Crippen LogP contribution < -0.4 is 10.6 Å². The standard InChI is InChI=1S/C21H19F9N2/c1-11-4-12(2)6-16(5-11)31-13(3)7-18(21(28,29)30)32-17-9-14(19(22,23)24)8-15(10-17)20(25,26)27/h4-10,18,31-32H,1-3H3. The number of allylic oxidation sites excluding steroid dienone is 1. The van der Waals surface area contributed by atoms with Crippen molar-refractivity contribution in [3.05, 3.63) is 70.4 Å². The summed E-state index contributed by atoms with van der Waals surface area (Å²) in [5, 5.41) is 4.49. The summed E-state index contributed by atoms with van der Waals surface area (Å²) in [7, 11) is 0. The normalized spacial score (nSPS) is 14.3. The van der Waals surface area contributed by atoms with Crippen LogP contribution in [0, 0.1) is 13.8 Å². The quantitative estimate of drug-likeness (QED) is 0.438. The van der Waals surface area contributed by atoms with Crippen molar-refractivity contribution in [2.75, 3.05) is 10.6 Å². The molecule has 0 aliphatic heterocycles. The van der Waals surface area contributed by atoms with Crippen LogP contribution in [0.15, 0.2) is 48.2 Å². The van der Waals surface area contributed by atoms with E-state index in [4.69, 9.17) is 0 Å². The summed E-state index contributed by atoms with van der Waals surface area (Å²) in [6, 6.07) is 2.88. The molecule has 0 heterocycles. The summed E-state index contributed by atoms with van der Waals surface area (Å²) in [5.74, 6) is 0. The molecule has 2 N–H and O–H groups in total. The van der Waals surface area contributed by atoms with Gasteiger partial charge in [0.25, 0.3) is 0 Å². The van der Waals surface area contributed by atoms with Gasteiger partial charge in [0.2, 0.25) is 0 Å². The second kappa shape index (κ2) is 8.95. The summed E-state index contributed by atoms with van der Waals surface area (Å²) in [6.45, 7) is 4.86. The highest BCUT2D eigenvalue weighted by atomic mass is 19.4. The van der Waals surface area contributed by atoms with Crippen molar-refractivity contribution >= 4 is 11.4 Å². The molecule has 11 heteroatoms. The van der Waals surface area contributed by atoms with Crippen molar-refractivity contribution in [1.82, 2.24) is 0 Å². The van der Waals surface area contributed by atoms with Gasteiger partial charge in [0.05, 0.1) is 11.1 Å². The minimum Gasteiger partial charge on any atom is -0.371 e. The molecular formula is C21H19F9N2. The highest BCUT2D eigenvalue weighted by Gasteiger charge is 2.40. The molecule has 0 spiro atoms. The number of benzene rings is 2. The Morgan fingerprint density at radius 3 is 1.59 bits per heavy atom. The fraction of sp³-hybridized carbons (Fsp3) is 0.333. The van der Waals surface area contributed by atoms with Crippen molar-refractivity contribution in [2.45, 2.75) is 45.3 Å². The number of rotatable bonds is 5. The number of hydrogen-bond acceptors (Lipinski definition) is 2. The maximum absolute atomic E-state index is 13.5. The second-order valence-electron chi connectivity index (χ2n) is 7.31. The molecular weight excluding hydrogens is 451 g/mol. The number of aryl methyl sites for hydroxylation is 2. The van der Waals surface area contributed by atoms with Crippen LogP contribution in [0.5, 0.6) is 0 Å². The smallest absolute Gasteiger partial charge is 0.371 e. The molecule has 2 aromatic rings. The zero-order chi connectivity index (χ0) is 24.5. The van der Waals surface area contributed by atoms with Crippen molar-refractivity contribution in [1.29, 1.82) is 0 Å². The Hall–Kier alpha value is -2.85. The van der Waals surface area contributed by atoms with Crippen LogP contribution in [0.2, 0.25) is 0 Å². The fourth-order valence-electron chi connectivity index (χ4n) is 3.00. The van der Waals surface area contributed by atoms with Crippen molar-refractivity contribution in [3.63, 3.8) is 0 Å². The van der Waals surface area contributed by atoms with E-state index in [9.17, 15) is 39.5 Å². The third-order valence-corrected chi connectivity index (χ3v) is 4.24. The van der Waals surface area contributed by atoms with Gasteiger partial charge < -0.3 is 10.6 Å². The van der Waals surface area contributed by atoms with Gasteiger partial charge in [-0.15, -0.1) is 0 Å². The number of anilines is 2. The molecule has 0 aliphatic rings. The number of alkyl halides is 9. The molecule has 0 saturated carbocycles. The maximum Gasteiger partial charge on any atom is 0.416 e. The highest BCUT2D eigenvalue weighted by molar-refractivity contribution is 5.54. The third kappa shape index (κ3) is 7.10. The Labute approximate surface area is 178 Å². The lowest BCUT2D eigenvalue weighted by Crippen LogP contribution is -2.35. The van der Waals surface area contributed by atoms with E-state index in [-0.39, 0.29) is 23.9 Å². The van der Waals surface area contributed by atoms with Gasteiger partial charge in [0.15, 0.2) is 0 Å². The molecule has 176 valence electrons. The summed E-state index contributed by atoms with van der Waals surface area (Å²) in [5.41, 5.74) is -2.24. The molecule has 0 aliphatic carbocycles. The average molecular weight is 470 g/mol. The van der Waals surface area contributed by atoms with Gasteiger partial charge in [0, 0.05) is 17.1 Å². The van der Waals surface area contributed by atoms with Gasteiger partial charge in [-0.2, -0.15) is 39.5 Å². The lowest BCUT2D eigenvalue weighted by atomic mass is 10.1. The fourth-order valence-corrected chi connectivity index (χ4v) is 3.00. The molecule has 0 saturated heterocycles. The topological polar surface area (TPSA) is 24.1 Å². The Balaban J connectivity index is 2.41. The molecule has 1 unspecified atom stereocenters. The van der Waals surface area contributed by atoms with E-state index in [1.165, 1.54) is 6.92 Å². The van der Waals surface area contributed by atoms with Crippen LogP contribution in [0.4, 0.5) is 50.9 Å². The first-order chi connectivity index (χ1) is 14.4. The summed E-state index contributed by atoms with van der Waals surface area (Å²) >= 11 is 0. The minimum atomic E-state index is -5.18. The van der Waals surface area contributed by atoms with Gasteiger partial charge in [-0.05, 0) is 68.3 Å². The molecule has 2 aromatic carbocycles. The highest BCUT2D eigenvalue weighted by Crippen LogP contribution is 2.38. The third-order valence-electron chi connectivity index (χ3n) is 4.24. The van der Waals surface area contributed by atoms with E-state index in [0.717, 1.165) is 11.1 Å². The Kier molecular flexibility index (Phi) is 7.11. The van der Waals surface area contributed by atoms with Gasteiger partial charge >= 0.3 is 18.5 Å². The predicted molar refractivity (Wildman–Crippen MR) is 103 cm³/mol. The summed E-state index contributed by atoms with van der Waals surface area (Å²) < 4.78 is 118. The van der Waals surface area contributed by atoms with E-state index < -0.39 is 41.4 Å². The van der Waals surface area contributed by atoms with Crippen LogP contribution >= 0.6 is 0 Å². The van der Waals surface area contributed by atoms with Gasteiger partial charge in [-0.1, -0.05) is 6.07 Å². The van der Waals surface area contributed by atoms with E-state index >= 15 is 0 Å². The van der Waals surface area contributed by atoms with Crippen molar-refractivity contribution in [2.24, 2.45) is 0 Å². The number of hydrogen-bond donors (Lipinski definition) is 2. The molecule has 0 bridgehead atoms. The zero-order valence-corrected chi connectivity index (χ0v) is 17.0. The van der Waals surface area contributed by atoms with Crippen molar-refractivity contribution in [3.8, 4) is 0 Å². The SMILES string of the molecule is CC(=CC(Nc1cc(C(F)(F)F)cc(C(F)(F)F)c1)C(F)(F)F)Nc1cc(C)cc(C)c1. The molecule has 1 atom stereocenters. The lowest BCUT2D eigenvalue weighted by Gasteiger charge is -2.22. The Bertz CT molecular complexity index is 934. The summed E-state index contributed by atoms with van der Waals surface area (Å²) in [6.07, 6.45) is -14.7. The van der Waals surface area contributed by atoms with Gasteiger partial charge in [-0.3, -0.25) is 0 Å². The first-order valence-electron chi connectivity index (χ1n) is 9.11. The molecule has 2 rings (SSSR count). The maximum atomic E-state index is 13.5. The predicted octanol–water partition coefficient (Wildman–Crippen LogP) is 7.70. The number of nitrogens with one attached hydrogen (secondary N) is 2. The Morgan fingerprint density at radius 1 is 0.719 bits per heavy atom. The van der Waals surface area contributed by atoms with E-state index in [1.807, 2.05) is 6.07 Å². The van der Waals surface area contributed by atoms with Crippen LogP contribution in [-0.4, -0.2) is 12.2 Å². The number of halogens is 9. The van der Waals surface area contributed by atoms with Crippen LogP contribution in [0.1, 0.15) is 29.2 Å². The summed E-state index contributed by atoms with van der Waals surface area (Å²) in [4.78, 5) is 0. The van der Waals surface area contributed by atoms with E-state index in [0.29, 0.717) is 11.8 Å². The van der Waals surface area contributed by atoms with Crippen LogP contribution in [0.25, 0.3) is 0 Å². The molecule has 0 fully saturated rings. The van der Waals surface area contributed by atoms with Gasteiger partial charge in [0.1, 0.15) is 6.04 Å². The second-order valence-corrected chi connectivity index (χ2v) is 7.31. The van der Waals surface area contributed by atoms with E-state index in [2.05, 4.69) is 5.32 Å². The molecule has 0 radical (unpaired) electrons. The van der Waals surface area contributed by atoms with Crippen LogP contribution in [-0.2, 0) is 12.4 Å².